The molecule has 1 aliphatic heterocycles. The third-order valence-electron chi connectivity index (χ3n) is 2.33. The molecule has 20 heavy (non-hydrogen) atoms. The Balaban J connectivity index is 2.11. The number of benzene rings is 1. The van der Waals surface area contributed by atoms with Gasteiger partial charge < -0.3 is 0 Å². The Hall–Kier alpha value is -1.95. The van der Waals surface area contributed by atoms with Gasteiger partial charge in [-0.05, 0) is 41.5 Å². The molecule has 4 nitrogen and oxygen atoms in total. The number of nitrogens with zero attached hydrogens (tertiary/aromatic N) is 2. The molecule has 104 valence electrons. The van der Waals surface area contributed by atoms with E-state index in [4.69, 9.17) is 0 Å². The Morgan fingerprint density at radius 2 is 2.00 bits per heavy atom. The van der Waals surface area contributed by atoms with Gasteiger partial charge in [0.1, 0.15) is 5.82 Å². The van der Waals surface area contributed by atoms with E-state index in [0.29, 0.717) is 16.0 Å². The lowest BCUT2D eigenvalue weighted by Gasteiger charge is -1.94. The van der Waals surface area contributed by atoms with E-state index in [-0.39, 0.29) is 11.7 Å². The highest BCUT2D eigenvalue weighted by atomic mass is 32.2. The first-order chi connectivity index (χ1) is 9.54. The molecule has 1 fully saturated rings. The lowest BCUT2D eigenvalue weighted by molar-refractivity contribution is -0.115. The summed E-state index contributed by atoms with van der Waals surface area (Å²) in [4.78, 5) is 12.3. The molecule has 0 unspecified atom stereocenters. The molecule has 1 aromatic rings. The second kappa shape index (κ2) is 6.47. The van der Waals surface area contributed by atoms with Gasteiger partial charge in [0.25, 0.3) is 5.91 Å². The molecule has 0 atom stereocenters. The number of halogens is 1. The first kappa shape index (κ1) is 14.5. The van der Waals surface area contributed by atoms with Crippen LogP contribution in [-0.2, 0) is 4.79 Å². The molecule has 1 amide bonds. The fraction of sp³-hybridized carbons (Fsp3) is 0.214. The van der Waals surface area contributed by atoms with Crippen molar-refractivity contribution in [1.29, 1.82) is 0 Å². The van der Waals surface area contributed by atoms with E-state index in [1.54, 1.807) is 24.4 Å². The Labute approximate surface area is 120 Å². The van der Waals surface area contributed by atoms with Crippen LogP contribution >= 0.6 is 11.8 Å². The zero-order chi connectivity index (χ0) is 14.5. The van der Waals surface area contributed by atoms with E-state index < -0.39 is 0 Å². The minimum atomic E-state index is -0.305. The number of nitrogens with one attached hydrogen (secondary N) is 1. The molecule has 0 saturated carbocycles. The molecule has 1 heterocycles. The molecule has 0 bridgehead atoms. The minimum Gasteiger partial charge on any atom is -0.299 e. The average molecular weight is 291 g/mol. The predicted octanol–water partition coefficient (Wildman–Crippen LogP) is 3.03. The summed E-state index contributed by atoms with van der Waals surface area (Å²) in [5, 5.41) is 10.9. The highest BCUT2D eigenvalue weighted by Crippen LogP contribution is 2.26. The highest BCUT2D eigenvalue weighted by molar-refractivity contribution is 8.18. The van der Waals surface area contributed by atoms with Crippen LogP contribution in [0, 0.1) is 11.7 Å². The summed E-state index contributed by atoms with van der Waals surface area (Å²) >= 11 is 1.21. The Kier molecular flexibility index (Phi) is 4.68. The quantitative estimate of drug-likeness (QED) is 0.529. The summed E-state index contributed by atoms with van der Waals surface area (Å²) in [6.07, 6.45) is 3.38. The van der Waals surface area contributed by atoms with Crippen LogP contribution in [0.4, 0.5) is 4.39 Å². The van der Waals surface area contributed by atoms with Crippen LogP contribution in [0.25, 0.3) is 6.08 Å². The largest absolute Gasteiger partial charge is 0.299 e. The van der Waals surface area contributed by atoms with Gasteiger partial charge in [0.2, 0.25) is 0 Å². The van der Waals surface area contributed by atoms with Crippen molar-refractivity contribution in [2.24, 2.45) is 16.1 Å². The van der Waals surface area contributed by atoms with Crippen molar-refractivity contribution in [3.8, 4) is 0 Å². The van der Waals surface area contributed by atoms with Crippen LogP contribution in [-0.4, -0.2) is 17.3 Å². The summed E-state index contributed by atoms with van der Waals surface area (Å²) in [5.74, 6) is -0.227. The lowest BCUT2D eigenvalue weighted by Crippen LogP contribution is -2.19. The third-order valence-corrected chi connectivity index (χ3v) is 3.23. The molecule has 0 aromatic heterocycles. The molecule has 6 heteroatoms. The van der Waals surface area contributed by atoms with Crippen LogP contribution in [0.1, 0.15) is 19.4 Å². The van der Waals surface area contributed by atoms with Gasteiger partial charge in [-0.1, -0.05) is 26.0 Å². The van der Waals surface area contributed by atoms with Crippen LogP contribution in [0.15, 0.2) is 39.4 Å². The van der Waals surface area contributed by atoms with Crippen LogP contribution in [0.3, 0.4) is 0 Å². The normalized spacial score (nSPS) is 19.5. The van der Waals surface area contributed by atoms with Gasteiger partial charge in [-0.2, -0.15) is 5.10 Å². The molecule has 1 N–H and O–H groups in total. The average Bonchev–Trinajstić information content (AvgIpc) is 2.72. The molecular weight excluding hydrogens is 277 g/mol. The fourth-order valence-electron chi connectivity index (χ4n) is 1.40. The number of amides is 1. The second-order valence-corrected chi connectivity index (χ2v) is 5.56. The number of thioether (sulfide) groups is 1. The molecule has 1 saturated heterocycles. The topological polar surface area (TPSA) is 53.8 Å². The van der Waals surface area contributed by atoms with Crippen molar-refractivity contribution >= 4 is 35.1 Å². The van der Waals surface area contributed by atoms with Gasteiger partial charge in [-0.25, -0.2) is 4.39 Å². The second-order valence-electron chi connectivity index (χ2n) is 4.53. The van der Waals surface area contributed by atoms with E-state index in [1.165, 1.54) is 23.9 Å². The van der Waals surface area contributed by atoms with Crippen LogP contribution < -0.4 is 5.32 Å². The summed E-state index contributed by atoms with van der Waals surface area (Å²) in [5.41, 5.74) is 0.760. The molecule has 0 radical (unpaired) electrons. The number of hydrogen-bond acceptors (Lipinski definition) is 4. The summed E-state index contributed by atoms with van der Waals surface area (Å²) in [6.45, 7) is 3.98. The molecule has 1 aromatic carbocycles. The number of rotatable bonds is 3. The number of hydrogen-bond donors (Lipinski definition) is 1. The summed E-state index contributed by atoms with van der Waals surface area (Å²) in [6, 6.07) is 5.93. The summed E-state index contributed by atoms with van der Waals surface area (Å²) < 4.78 is 12.8. The standard InChI is InChI=1S/C14H14FN3OS/c1-9(2)8-16-18-14-17-13(19)12(20-14)7-10-3-5-11(15)6-4-10/h3-9H,1-2H3,(H,17,18,19)/b12-7-,16-8+. The van der Waals surface area contributed by atoms with E-state index in [2.05, 4.69) is 15.5 Å². The lowest BCUT2D eigenvalue weighted by atomic mass is 10.2. The van der Waals surface area contributed by atoms with Crippen molar-refractivity contribution in [2.45, 2.75) is 13.8 Å². The van der Waals surface area contributed by atoms with Crippen molar-refractivity contribution in [1.82, 2.24) is 5.32 Å². The smallest absolute Gasteiger partial charge is 0.264 e. The Morgan fingerprint density at radius 3 is 2.65 bits per heavy atom. The fourth-order valence-corrected chi connectivity index (χ4v) is 2.18. The maximum absolute atomic E-state index is 12.8. The van der Waals surface area contributed by atoms with Gasteiger partial charge in [0.15, 0.2) is 5.17 Å². The number of carbonyl (C=O) groups excluding carboxylic acids is 1. The number of carbonyl (C=O) groups is 1. The monoisotopic (exact) mass is 291 g/mol. The highest BCUT2D eigenvalue weighted by Gasteiger charge is 2.23. The minimum absolute atomic E-state index is 0.224. The number of amidine groups is 1. The van der Waals surface area contributed by atoms with E-state index >= 15 is 0 Å². The van der Waals surface area contributed by atoms with E-state index in [9.17, 15) is 9.18 Å². The molecular formula is C14H14FN3OS. The van der Waals surface area contributed by atoms with Gasteiger partial charge in [0.05, 0.1) is 4.91 Å². The Bertz CT molecular complexity index is 591. The third kappa shape index (κ3) is 4.03. The van der Waals surface area contributed by atoms with Gasteiger partial charge >= 0.3 is 0 Å². The van der Waals surface area contributed by atoms with Gasteiger partial charge in [-0.3, -0.25) is 10.1 Å². The van der Waals surface area contributed by atoms with Gasteiger partial charge in [-0.15, -0.1) is 5.10 Å². The van der Waals surface area contributed by atoms with E-state index in [0.717, 1.165) is 5.56 Å². The SMILES string of the molecule is CC(C)/C=N/N=C1/NC(=O)/C(=C/c2ccc(F)cc2)S1. The molecule has 2 rings (SSSR count). The first-order valence-corrected chi connectivity index (χ1v) is 6.94. The van der Waals surface area contributed by atoms with Crippen molar-refractivity contribution in [3.05, 3.63) is 40.6 Å². The zero-order valence-corrected chi connectivity index (χ0v) is 11.9. The maximum Gasteiger partial charge on any atom is 0.264 e. The van der Waals surface area contributed by atoms with Crippen molar-refractivity contribution < 1.29 is 9.18 Å². The van der Waals surface area contributed by atoms with Crippen molar-refractivity contribution in [3.63, 3.8) is 0 Å². The molecule has 1 aliphatic rings. The zero-order valence-electron chi connectivity index (χ0n) is 11.1. The molecule has 0 spiro atoms. The maximum atomic E-state index is 12.8. The van der Waals surface area contributed by atoms with Crippen LogP contribution in [0.2, 0.25) is 0 Å². The van der Waals surface area contributed by atoms with Crippen molar-refractivity contribution in [2.75, 3.05) is 0 Å². The molecule has 0 aliphatic carbocycles. The Morgan fingerprint density at radius 1 is 1.30 bits per heavy atom. The van der Waals surface area contributed by atoms with Crippen LogP contribution in [0.5, 0.6) is 0 Å². The predicted molar refractivity (Wildman–Crippen MR) is 80.9 cm³/mol. The first-order valence-electron chi connectivity index (χ1n) is 6.12. The van der Waals surface area contributed by atoms with E-state index in [1.807, 2.05) is 13.8 Å². The van der Waals surface area contributed by atoms with Gasteiger partial charge in [0, 0.05) is 6.21 Å². The summed E-state index contributed by atoms with van der Waals surface area (Å²) in [7, 11) is 0.